The lowest BCUT2D eigenvalue weighted by Crippen LogP contribution is -2.26. The standard InChI is InChI=1S/C22H14N2O4/c25-21(12-24-13-23-18-7-3-1-6-16(18)22(24)26)27-14-9-10-20-17(11-14)15-5-2-4-8-19(15)28-20/h1-11,13H,12H2. The van der Waals surface area contributed by atoms with Crippen molar-refractivity contribution in [3.8, 4) is 5.75 Å². The molecule has 0 aliphatic carbocycles. The van der Waals surface area contributed by atoms with Crippen LogP contribution in [0.3, 0.4) is 0 Å². The fraction of sp³-hybridized carbons (Fsp3) is 0.0455. The lowest BCUT2D eigenvalue weighted by Gasteiger charge is -2.07. The van der Waals surface area contributed by atoms with Gasteiger partial charge in [-0.25, -0.2) is 9.78 Å². The minimum Gasteiger partial charge on any atom is -0.456 e. The smallest absolute Gasteiger partial charge is 0.331 e. The maximum atomic E-state index is 12.5. The van der Waals surface area contributed by atoms with Crippen molar-refractivity contribution in [2.24, 2.45) is 0 Å². The molecule has 0 N–H and O–H groups in total. The third kappa shape index (κ3) is 2.72. The predicted octanol–water partition coefficient (Wildman–Crippen LogP) is 3.90. The molecular formula is C22H14N2O4. The molecule has 5 aromatic rings. The molecule has 0 aliphatic rings. The number of benzene rings is 3. The van der Waals surface area contributed by atoms with E-state index in [2.05, 4.69) is 4.98 Å². The van der Waals surface area contributed by atoms with E-state index < -0.39 is 5.97 Å². The monoisotopic (exact) mass is 370 g/mol. The first-order valence-electron chi connectivity index (χ1n) is 8.75. The van der Waals surface area contributed by atoms with E-state index in [1.54, 1.807) is 36.4 Å². The van der Waals surface area contributed by atoms with Crippen LogP contribution in [0.2, 0.25) is 0 Å². The molecule has 6 nitrogen and oxygen atoms in total. The van der Waals surface area contributed by atoms with Gasteiger partial charge in [-0.15, -0.1) is 0 Å². The van der Waals surface area contributed by atoms with Crippen molar-refractivity contribution < 1.29 is 13.9 Å². The number of esters is 1. The van der Waals surface area contributed by atoms with E-state index in [9.17, 15) is 9.59 Å². The Morgan fingerprint density at radius 1 is 0.929 bits per heavy atom. The van der Waals surface area contributed by atoms with Crippen LogP contribution in [0.15, 0.2) is 82.3 Å². The summed E-state index contributed by atoms with van der Waals surface area (Å²) in [4.78, 5) is 29.1. The lowest BCUT2D eigenvalue weighted by molar-refractivity contribution is -0.135. The van der Waals surface area contributed by atoms with Crippen LogP contribution in [0.25, 0.3) is 32.8 Å². The predicted molar refractivity (Wildman–Crippen MR) is 105 cm³/mol. The van der Waals surface area contributed by atoms with Crippen LogP contribution in [0.1, 0.15) is 0 Å². The van der Waals surface area contributed by atoms with Crippen LogP contribution >= 0.6 is 0 Å². The van der Waals surface area contributed by atoms with Crippen LogP contribution in [0, 0.1) is 0 Å². The minimum atomic E-state index is -0.550. The van der Waals surface area contributed by atoms with Gasteiger partial charge in [-0.3, -0.25) is 9.36 Å². The Labute approximate surface area is 158 Å². The second kappa shape index (κ2) is 6.35. The van der Waals surface area contributed by atoms with Crippen molar-refractivity contribution in [1.82, 2.24) is 9.55 Å². The summed E-state index contributed by atoms with van der Waals surface area (Å²) < 4.78 is 12.5. The maximum absolute atomic E-state index is 12.5. The van der Waals surface area contributed by atoms with Gasteiger partial charge in [-0.05, 0) is 36.4 Å². The molecule has 136 valence electrons. The zero-order valence-electron chi connectivity index (χ0n) is 14.7. The number of ether oxygens (including phenoxy) is 1. The molecule has 0 bridgehead atoms. The number of hydrogen-bond acceptors (Lipinski definition) is 5. The molecule has 5 rings (SSSR count). The highest BCUT2D eigenvalue weighted by Gasteiger charge is 2.12. The van der Waals surface area contributed by atoms with Crippen molar-refractivity contribution in [2.75, 3.05) is 0 Å². The topological polar surface area (TPSA) is 74.3 Å². The van der Waals surface area contributed by atoms with Crippen LogP contribution in [-0.2, 0) is 11.3 Å². The van der Waals surface area contributed by atoms with Gasteiger partial charge in [0.05, 0.1) is 17.2 Å². The first-order valence-corrected chi connectivity index (χ1v) is 8.75. The van der Waals surface area contributed by atoms with Gasteiger partial charge in [0.1, 0.15) is 23.5 Å². The summed E-state index contributed by atoms with van der Waals surface area (Å²) in [5.41, 5.74) is 1.80. The molecule has 2 aromatic heterocycles. The average Bonchev–Trinajstić information content (AvgIpc) is 3.08. The molecule has 0 amide bonds. The number of aromatic nitrogens is 2. The number of hydrogen-bond donors (Lipinski definition) is 0. The molecule has 0 fully saturated rings. The van der Waals surface area contributed by atoms with E-state index in [4.69, 9.17) is 9.15 Å². The zero-order valence-corrected chi connectivity index (χ0v) is 14.7. The fourth-order valence-electron chi connectivity index (χ4n) is 3.29. The van der Waals surface area contributed by atoms with Crippen LogP contribution in [0.5, 0.6) is 5.75 Å². The molecule has 0 spiro atoms. The molecule has 3 aromatic carbocycles. The molecule has 0 aliphatic heterocycles. The first kappa shape index (κ1) is 16.3. The molecule has 6 heteroatoms. The molecule has 0 unspecified atom stereocenters. The second-order valence-electron chi connectivity index (χ2n) is 6.43. The maximum Gasteiger partial charge on any atom is 0.331 e. The Morgan fingerprint density at radius 3 is 2.57 bits per heavy atom. The molecule has 0 atom stereocenters. The summed E-state index contributed by atoms with van der Waals surface area (Å²) >= 11 is 0. The van der Waals surface area contributed by atoms with Crippen molar-refractivity contribution in [1.29, 1.82) is 0 Å². The van der Waals surface area contributed by atoms with E-state index in [1.165, 1.54) is 10.9 Å². The fourth-order valence-corrected chi connectivity index (χ4v) is 3.29. The van der Waals surface area contributed by atoms with Crippen molar-refractivity contribution in [2.45, 2.75) is 6.54 Å². The summed E-state index contributed by atoms with van der Waals surface area (Å²) in [6.45, 7) is -0.221. The number of nitrogens with zero attached hydrogens (tertiary/aromatic N) is 2. The first-order chi connectivity index (χ1) is 13.7. The van der Waals surface area contributed by atoms with Crippen molar-refractivity contribution >= 4 is 38.8 Å². The molecule has 2 heterocycles. The molecular weight excluding hydrogens is 356 g/mol. The van der Waals surface area contributed by atoms with Gasteiger partial charge in [0.25, 0.3) is 5.56 Å². The molecule has 0 saturated heterocycles. The highest BCUT2D eigenvalue weighted by Crippen LogP contribution is 2.31. The summed E-state index contributed by atoms with van der Waals surface area (Å²) in [7, 11) is 0. The summed E-state index contributed by atoms with van der Waals surface area (Å²) in [6, 6.07) is 19.9. The third-order valence-electron chi connectivity index (χ3n) is 4.61. The summed E-state index contributed by atoms with van der Waals surface area (Å²) in [6.07, 6.45) is 1.36. The zero-order chi connectivity index (χ0) is 19.1. The molecule has 0 saturated carbocycles. The summed E-state index contributed by atoms with van der Waals surface area (Å²) in [5, 5.41) is 2.28. The second-order valence-corrected chi connectivity index (χ2v) is 6.43. The Bertz CT molecular complexity index is 1410. The van der Waals surface area contributed by atoms with Crippen LogP contribution in [-0.4, -0.2) is 15.5 Å². The highest BCUT2D eigenvalue weighted by atomic mass is 16.5. The van der Waals surface area contributed by atoms with Gasteiger partial charge in [0, 0.05) is 10.8 Å². The van der Waals surface area contributed by atoms with Crippen LogP contribution < -0.4 is 10.3 Å². The third-order valence-corrected chi connectivity index (χ3v) is 4.61. The van der Waals surface area contributed by atoms with E-state index in [0.717, 1.165) is 21.9 Å². The van der Waals surface area contributed by atoms with Crippen LogP contribution in [0.4, 0.5) is 0 Å². The largest absolute Gasteiger partial charge is 0.456 e. The van der Waals surface area contributed by atoms with E-state index in [-0.39, 0.29) is 12.1 Å². The summed E-state index contributed by atoms with van der Waals surface area (Å²) in [5.74, 6) is -0.155. The normalized spacial score (nSPS) is 11.3. The number of para-hydroxylation sites is 2. The number of rotatable bonds is 3. The molecule has 28 heavy (non-hydrogen) atoms. The number of fused-ring (bicyclic) bond motifs is 4. The van der Waals surface area contributed by atoms with Gasteiger partial charge in [0.2, 0.25) is 0 Å². The Morgan fingerprint density at radius 2 is 1.68 bits per heavy atom. The van der Waals surface area contributed by atoms with Crippen molar-refractivity contribution in [3.63, 3.8) is 0 Å². The highest BCUT2D eigenvalue weighted by molar-refractivity contribution is 6.05. The van der Waals surface area contributed by atoms with Crippen molar-refractivity contribution in [3.05, 3.63) is 83.4 Å². The lowest BCUT2D eigenvalue weighted by atomic mass is 10.1. The van der Waals surface area contributed by atoms with E-state index in [0.29, 0.717) is 16.7 Å². The molecule has 0 radical (unpaired) electrons. The van der Waals surface area contributed by atoms with E-state index in [1.807, 2.05) is 30.3 Å². The minimum absolute atomic E-state index is 0.221. The Balaban J connectivity index is 1.43. The number of carbonyl (C=O) groups excluding carboxylic acids is 1. The number of furan rings is 1. The van der Waals surface area contributed by atoms with E-state index >= 15 is 0 Å². The van der Waals surface area contributed by atoms with Gasteiger partial charge < -0.3 is 9.15 Å². The van der Waals surface area contributed by atoms with Gasteiger partial charge in [0.15, 0.2) is 0 Å². The SMILES string of the molecule is O=C(Cn1cnc2ccccc2c1=O)Oc1ccc2oc3ccccc3c2c1. The average molecular weight is 370 g/mol. The quantitative estimate of drug-likeness (QED) is 0.356. The van der Waals surface area contributed by atoms with Gasteiger partial charge in [-0.2, -0.15) is 0 Å². The van der Waals surface area contributed by atoms with Gasteiger partial charge in [-0.1, -0.05) is 30.3 Å². The van der Waals surface area contributed by atoms with Gasteiger partial charge >= 0.3 is 5.97 Å². The Kier molecular flexibility index (Phi) is 3.69. The number of carbonyl (C=O) groups is 1. The Hall–Kier alpha value is -3.93.